The van der Waals surface area contributed by atoms with Gasteiger partial charge in [-0.1, -0.05) is 43.2 Å². The first-order valence-corrected chi connectivity index (χ1v) is 7.94. The van der Waals surface area contributed by atoms with E-state index in [9.17, 15) is 14.7 Å². The van der Waals surface area contributed by atoms with Gasteiger partial charge in [-0.25, -0.2) is 0 Å². The first kappa shape index (κ1) is 14.0. The van der Waals surface area contributed by atoms with E-state index in [2.05, 4.69) is 0 Å². The van der Waals surface area contributed by atoms with E-state index in [1.807, 2.05) is 11.4 Å². The normalized spacial score (nSPS) is 16.8. The van der Waals surface area contributed by atoms with Crippen molar-refractivity contribution in [2.24, 2.45) is 0 Å². The maximum Gasteiger partial charge on any atom is 0.314 e. The third kappa shape index (κ3) is 2.40. The van der Waals surface area contributed by atoms with Gasteiger partial charge in [0.05, 0.1) is 10.3 Å². The molecule has 0 spiro atoms. The fourth-order valence-corrected chi connectivity index (χ4v) is 3.78. The average molecular weight is 300 g/mol. The van der Waals surface area contributed by atoms with Crippen LogP contribution in [0.4, 0.5) is 0 Å². The molecule has 0 atom stereocenters. The van der Waals surface area contributed by atoms with Gasteiger partial charge in [0, 0.05) is 5.56 Å². The molecule has 1 saturated carbocycles. The number of carbonyl (C=O) groups excluding carboxylic acids is 1. The zero-order chi connectivity index (χ0) is 14.9. The van der Waals surface area contributed by atoms with E-state index in [1.54, 1.807) is 30.3 Å². The number of aliphatic carboxylic acids is 1. The van der Waals surface area contributed by atoms with E-state index in [4.69, 9.17) is 0 Å². The Kier molecular flexibility index (Phi) is 3.64. The lowest BCUT2D eigenvalue weighted by atomic mass is 9.78. The Morgan fingerprint density at radius 3 is 2.24 bits per heavy atom. The predicted molar refractivity (Wildman–Crippen MR) is 82.0 cm³/mol. The second-order valence-electron chi connectivity index (χ2n) is 5.48. The number of ketones is 1. The quantitative estimate of drug-likeness (QED) is 0.872. The van der Waals surface area contributed by atoms with Crippen LogP contribution in [0.25, 0.3) is 0 Å². The van der Waals surface area contributed by atoms with Crippen molar-refractivity contribution in [2.45, 2.75) is 31.1 Å². The largest absolute Gasteiger partial charge is 0.481 e. The van der Waals surface area contributed by atoms with Crippen LogP contribution in [0.1, 0.15) is 46.5 Å². The summed E-state index contributed by atoms with van der Waals surface area (Å²) in [6, 6.07) is 10.8. The Bertz CT molecular complexity index is 650. The van der Waals surface area contributed by atoms with Crippen molar-refractivity contribution in [2.75, 3.05) is 0 Å². The number of hydrogen-bond donors (Lipinski definition) is 1. The molecule has 3 rings (SSSR count). The van der Waals surface area contributed by atoms with Gasteiger partial charge in [0.1, 0.15) is 0 Å². The van der Waals surface area contributed by atoms with Gasteiger partial charge in [0.2, 0.25) is 5.78 Å². The molecule has 4 heteroatoms. The molecule has 1 fully saturated rings. The van der Waals surface area contributed by atoms with E-state index in [0.29, 0.717) is 23.3 Å². The Labute approximate surface area is 127 Å². The molecule has 0 saturated heterocycles. The fraction of sp³-hybridized carbons (Fsp3) is 0.294. The second-order valence-corrected chi connectivity index (χ2v) is 6.43. The Morgan fingerprint density at radius 1 is 1.05 bits per heavy atom. The molecule has 1 heterocycles. The molecule has 3 nitrogen and oxygen atoms in total. The van der Waals surface area contributed by atoms with E-state index >= 15 is 0 Å². The summed E-state index contributed by atoms with van der Waals surface area (Å²) in [5.41, 5.74) is 0.666. The third-order valence-corrected chi connectivity index (χ3v) is 5.18. The summed E-state index contributed by atoms with van der Waals surface area (Å²) in [4.78, 5) is 24.6. The summed E-state index contributed by atoms with van der Waals surface area (Å²) in [7, 11) is 0. The second kappa shape index (κ2) is 5.45. The maximum absolute atomic E-state index is 12.2. The summed E-state index contributed by atoms with van der Waals surface area (Å²) < 4.78 is 0. The molecule has 1 aliphatic rings. The minimum atomic E-state index is -0.759. The molecule has 0 radical (unpaired) electrons. The molecule has 2 aromatic rings. The molecule has 21 heavy (non-hydrogen) atoms. The van der Waals surface area contributed by atoms with Crippen molar-refractivity contribution in [3.63, 3.8) is 0 Å². The average Bonchev–Trinajstić information content (AvgIpc) is 3.18. The number of benzene rings is 1. The van der Waals surface area contributed by atoms with Crippen molar-refractivity contribution in [3.8, 4) is 0 Å². The molecule has 1 N–H and O–H groups in total. The van der Waals surface area contributed by atoms with Crippen LogP contribution in [0, 0.1) is 0 Å². The van der Waals surface area contributed by atoms with Gasteiger partial charge in [0.15, 0.2) is 0 Å². The van der Waals surface area contributed by atoms with Crippen molar-refractivity contribution in [3.05, 3.63) is 57.8 Å². The molecular weight excluding hydrogens is 284 g/mol. The Morgan fingerprint density at radius 2 is 1.71 bits per heavy atom. The van der Waals surface area contributed by atoms with Crippen LogP contribution in [0.2, 0.25) is 0 Å². The monoisotopic (exact) mass is 300 g/mol. The highest BCUT2D eigenvalue weighted by Crippen LogP contribution is 2.41. The van der Waals surface area contributed by atoms with E-state index in [-0.39, 0.29) is 5.78 Å². The van der Waals surface area contributed by atoms with Gasteiger partial charge in [-0.05, 0) is 29.9 Å². The highest BCUT2D eigenvalue weighted by atomic mass is 32.1. The van der Waals surface area contributed by atoms with Gasteiger partial charge >= 0.3 is 5.97 Å². The highest BCUT2D eigenvalue weighted by molar-refractivity contribution is 7.12. The number of hydrogen-bond acceptors (Lipinski definition) is 3. The van der Waals surface area contributed by atoms with Gasteiger partial charge in [-0.2, -0.15) is 0 Å². The zero-order valence-electron chi connectivity index (χ0n) is 11.5. The number of carboxylic acids is 1. The minimum Gasteiger partial charge on any atom is -0.481 e. The first-order chi connectivity index (χ1) is 10.1. The fourth-order valence-electron chi connectivity index (χ4n) is 3.10. The highest BCUT2D eigenvalue weighted by Gasteiger charge is 2.42. The molecule has 0 amide bonds. The Balaban J connectivity index is 1.90. The van der Waals surface area contributed by atoms with Crippen LogP contribution >= 0.6 is 11.3 Å². The van der Waals surface area contributed by atoms with Crippen LogP contribution < -0.4 is 0 Å². The Hall–Kier alpha value is -1.94. The number of carboxylic acid groups (broad SMARTS) is 1. The summed E-state index contributed by atoms with van der Waals surface area (Å²) in [6.45, 7) is 0. The first-order valence-electron chi connectivity index (χ1n) is 7.06. The smallest absolute Gasteiger partial charge is 0.314 e. The van der Waals surface area contributed by atoms with E-state index < -0.39 is 11.4 Å². The third-order valence-electron chi connectivity index (χ3n) is 4.31. The van der Waals surface area contributed by atoms with Crippen LogP contribution in [0.3, 0.4) is 0 Å². The molecule has 1 aliphatic carbocycles. The molecular formula is C17H16O3S. The zero-order valence-corrected chi connectivity index (χ0v) is 12.4. The van der Waals surface area contributed by atoms with Gasteiger partial charge in [0.25, 0.3) is 0 Å². The molecule has 1 aromatic heterocycles. The van der Waals surface area contributed by atoms with Crippen molar-refractivity contribution >= 4 is 23.1 Å². The minimum absolute atomic E-state index is 0.00709. The van der Waals surface area contributed by atoms with Crippen LogP contribution in [-0.2, 0) is 10.2 Å². The van der Waals surface area contributed by atoms with E-state index in [1.165, 1.54) is 11.3 Å². The van der Waals surface area contributed by atoms with Gasteiger partial charge in [-0.15, -0.1) is 11.3 Å². The number of rotatable bonds is 4. The molecule has 0 bridgehead atoms. The standard InChI is InChI=1S/C17H16O3S/c18-15(14-4-3-11-21-14)12-5-7-13(8-6-12)17(16(19)20)9-1-2-10-17/h3-8,11H,1-2,9-10H2,(H,19,20). The summed E-state index contributed by atoms with van der Waals surface area (Å²) in [5, 5.41) is 11.5. The lowest BCUT2D eigenvalue weighted by Gasteiger charge is -2.24. The van der Waals surface area contributed by atoms with Gasteiger partial charge in [-0.3, -0.25) is 9.59 Å². The topological polar surface area (TPSA) is 54.4 Å². The molecule has 0 aliphatic heterocycles. The maximum atomic E-state index is 12.2. The van der Waals surface area contributed by atoms with Crippen molar-refractivity contribution in [1.29, 1.82) is 0 Å². The lowest BCUT2D eigenvalue weighted by molar-refractivity contribution is -0.143. The summed E-state index contributed by atoms with van der Waals surface area (Å²) in [5.74, 6) is -0.760. The number of carbonyl (C=O) groups is 2. The molecule has 0 unspecified atom stereocenters. The summed E-state index contributed by atoms with van der Waals surface area (Å²) in [6.07, 6.45) is 3.26. The van der Waals surface area contributed by atoms with Crippen LogP contribution in [0.15, 0.2) is 41.8 Å². The molecule has 1 aromatic carbocycles. The predicted octanol–water partition coefficient (Wildman–Crippen LogP) is 3.88. The van der Waals surface area contributed by atoms with Gasteiger partial charge < -0.3 is 5.11 Å². The SMILES string of the molecule is O=C(c1ccc(C2(C(=O)O)CCCC2)cc1)c1cccs1. The molecule has 108 valence electrons. The van der Waals surface area contributed by atoms with Crippen LogP contribution in [-0.4, -0.2) is 16.9 Å². The summed E-state index contributed by atoms with van der Waals surface area (Å²) >= 11 is 1.42. The van der Waals surface area contributed by atoms with Crippen molar-refractivity contribution in [1.82, 2.24) is 0 Å². The van der Waals surface area contributed by atoms with E-state index in [0.717, 1.165) is 18.4 Å². The lowest BCUT2D eigenvalue weighted by Crippen LogP contribution is -2.32. The number of thiophene rings is 1. The van der Waals surface area contributed by atoms with Crippen molar-refractivity contribution < 1.29 is 14.7 Å². The van der Waals surface area contributed by atoms with Crippen LogP contribution in [0.5, 0.6) is 0 Å².